The van der Waals surface area contributed by atoms with Crippen LogP contribution in [0.1, 0.15) is 20.7 Å². The average Bonchev–Trinajstić information content (AvgIpc) is 3.55. The fourth-order valence-corrected chi connectivity index (χ4v) is 6.31. The van der Waals surface area contributed by atoms with Gasteiger partial charge in [-0.25, -0.2) is 4.98 Å². The number of aromatic amines is 1. The monoisotopic (exact) mass is 564 g/mol. The number of hydrogen-bond donors (Lipinski definition) is 1. The number of alkyl halides is 3. The van der Waals surface area contributed by atoms with Crippen LogP contribution in [0.2, 0.25) is 0 Å². The lowest BCUT2D eigenvalue weighted by Crippen LogP contribution is -2.44. The lowest BCUT2D eigenvalue weighted by Gasteiger charge is -2.42. The number of hydrogen-bond acceptors (Lipinski definition) is 6. The van der Waals surface area contributed by atoms with E-state index in [1.807, 2.05) is 4.90 Å². The molecule has 1 saturated carbocycles. The summed E-state index contributed by atoms with van der Waals surface area (Å²) < 4.78 is 42.1. The van der Waals surface area contributed by atoms with E-state index in [1.54, 1.807) is 23.1 Å². The van der Waals surface area contributed by atoms with Crippen molar-refractivity contribution in [3.63, 3.8) is 0 Å². The molecule has 2 saturated heterocycles. The van der Waals surface area contributed by atoms with Gasteiger partial charge in [-0.15, -0.1) is 0 Å². The van der Waals surface area contributed by atoms with Crippen LogP contribution in [-0.4, -0.2) is 81.0 Å². The van der Waals surface area contributed by atoms with E-state index in [2.05, 4.69) is 41.1 Å². The van der Waals surface area contributed by atoms with E-state index in [-0.39, 0.29) is 27.7 Å². The molecule has 4 heterocycles. The van der Waals surface area contributed by atoms with Gasteiger partial charge in [0.25, 0.3) is 11.8 Å². The van der Waals surface area contributed by atoms with Crippen molar-refractivity contribution in [2.75, 3.05) is 32.8 Å². The normalized spacial score (nSPS) is 25.0. The minimum absolute atomic E-state index is 0.0240. The summed E-state index contributed by atoms with van der Waals surface area (Å²) in [6.07, 6.45) is -3.24. The van der Waals surface area contributed by atoms with Crippen molar-refractivity contribution in [3.8, 4) is 5.88 Å². The zero-order valence-corrected chi connectivity index (χ0v) is 20.3. The maximum atomic E-state index is 13.1. The molecule has 188 valence electrons. The van der Waals surface area contributed by atoms with Crippen molar-refractivity contribution in [1.29, 1.82) is 0 Å². The summed E-state index contributed by atoms with van der Waals surface area (Å²) in [6.45, 7) is 1.02. The van der Waals surface area contributed by atoms with Gasteiger partial charge >= 0.3 is 6.18 Å². The molecule has 36 heavy (non-hydrogen) atoms. The summed E-state index contributed by atoms with van der Waals surface area (Å²) in [7, 11) is 0. The molecule has 2 amide bonds. The Morgan fingerprint density at radius 2 is 1.53 bits per heavy atom. The first-order valence-corrected chi connectivity index (χ1v) is 12.2. The van der Waals surface area contributed by atoms with Gasteiger partial charge in [-0.2, -0.15) is 28.6 Å². The van der Waals surface area contributed by atoms with Crippen LogP contribution >= 0.6 is 15.9 Å². The number of aromatic nitrogens is 4. The summed E-state index contributed by atoms with van der Waals surface area (Å²) in [5.74, 6) is 0.871. The Morgan fingerprint density at radius 3 is 2.11 bits per heavy atom. The maximum Gasteiger partial charge on any atom is 0.422 e. The summed E-state index contributed by atoms with van der Waals surface area (Å²) in [5.41, 5.74) is 2.22. The van der Waals surface area contributed by atoms with Crippen LogP contribution < -0.4 is 4.74 Å². The van der Waals surface area contributed by atoms with Crippen molar-refractivity contribution in [2.45, 2.75) is 6.18 Å². The van der Waals surface area contributed by atoms with Gasteiger partial charge in [0.15, 0.2) is 6.61 Å². The number of carbonyl (C=O) groups excluding carboxylic acids is 2. The van der Waals surface area contributed by atoms with Crippen molar-refractivity contribution >= 4 is 38.8 Å². The first-order chi connectivity index (χ1) is 17.2. The molecule has 1 aromatic carbocycles. The van der Waals surface area contributed by atoms with Gasteiger partial charge in [0.2, 0.25) is 5.88 Å². The molecule has 3 aromatic rings. The van der Waals surface area contributed by atoms with Crippen LogP contribution in [0.4, 0.5) is 13.2 Å². The molecular formula is C23H20BrF3N6O3. The van der Waals surface area contributed by atoms with Gasteiger partial charge in [-0.1, -0.05) is 0 Å². The molecule has 4 atom stereocenters. The fraction of sp³-hybridized carbons (Fsp3) is 0.435. The van der Waals surface area contributed by atoms with Crippen LogP contribution in [0.25, 0.3) is 11.0 Å². The number of fused-ring (bicyclic) bond motifs is 5. The van der Waals surface area contributed by atoms with Gasteiger partial charge in [0.05, 0.1) is 10.0 Å². The standard InChI is InChI=1S/C23H20BrF3N6O3/c24-17-3-12(5-28-20(17)36-10-23(25,26)27)22(35)33-8-15-13-6-32(7-14(13)16(15)9-33)21(34)11-1-2-18-19(4-11)30-31-29-18/h1-5,13-16H,6-10H2,(H,29,30,31)/t13-,14+,15+,16-. The molecule has 1 N–H and O–H groups in total. The van der Waals surface area contributed by atoms with E-state index in [0.29, 0.717) is 66.4 Å². The zero-order valence-electron chi connectivity index (χ0n) is 18.7. The molecule has 9 nitrogen and oxygen atoms in total. The number of H-pyrrole nitrogens is 1. The zero-order chi connectivity index (χ0) is 25.2. The predicted octanol–water partition coefficient (Wildman–Crippen LogP) is 3.15. The Kier molecular flexibility index (Phi) is 5.43. The van der Waals surface area contributed by atoms with Crippen molar-refractivity contribution in [1.82, 2.24) is 30.2 Å². The Balaban J connectivity index is 1.08. The molecule has 2 aliphatic heterocycles. The molecule has 6 rings (SSSR count). The first kappa shape index (κ1) is 23.2. The Labute approximate surface area is 211 Å². The third-order valence-corrected chi connectivity index (χ3v) is 8.06. The van der Waals surface area contributed by atoms with Crippen molar-refractivity contribution in [3.05, 3.63) is 46.1 Å². The quantitative estimate of drug-likeness (QED) is 0.522. The van der Waals surface area contributed by atoms with Crippen LogP contribution in [0.3, 0.4) is 0 Å². The van der Waals surface area contributed by atoms with E-state index in [0.717, 1.165) is 0 Å². The third-order valence-electron chi connectivity index (χ3n) is 7.49. The molecule has 0 bridgehead atoms. The number of halogens is 4. The molecule has 13 heteroatoms. The number of carbonyl (C=O) groups is 2. The van der Waals surface area contributed by atoms with Gasteiger partial charge < -0.3 is 14.5 Å². The van der Waals surface area contributed by atoms with E-state index < -0.39 is 12.8 Å². The summed E-state index contributed by atoms with van der Waals surface area (Å²) in [6, 6.07) is 6.72. The number of nitrogens with zero attached hydrogens (tertiary/aromatic N) is 5. The SMILES string of the molecule is O=C(c1cnc(OCC(F)(F)F)c(Br)c1)N1C[C@@H]2[C@H](C1)[C@H]1CN(C(=O)c3ccc4n[nH]nc4c3)C[C@@H]21. The van der Waals surface area contributed by atoms with E-state index in [4.69, 9.17) is 0 Å². The number of rotatable bonds is 4. The second-order valence-electron chi connectivity index (χ2n) is 9.52. The van der Waals surface area contributed by atoms with Crippen LogP contribution in [0.15, 0.2) is 34.9 Å². The van der Waals surface area contributed by atoms with E-state index in [1.165, 1.54) is 12.3 Å². The number of pyridine rings is 1. The largest absolute Gasteiger partial charge is 0.467 e. The number of benzene rings is 1. The summed E-state index contributed by atoms with van der Waals surface area (Å²) >= 11 is 3.15. The second-order valence-corrected chi connectivity index (χ2v) is 10.4. The number of likely N-dealkylation sites (tertiary alicyclic amines) is 2. The lowest BCUT2D eigenvalue weighted by molar-refractivity contribution is -0.154. The third kappa shape index (κ3) is 3.98. The average molecular weight is 565 g/mol. The highest BCUT2D eigenvalue weighted by Crippen LogP contribution is 2.54. The topological polar surface area (TPSA) is 104 Å². The molecule has 0 unspecified atom stereocenters. The van der Waals surface area contributed by atoms with Crippen LogP contribution in [0, 0.1) is 23.7 Å². The molecule has 1 aliphatic carbocycles. The number of nitrogens with one attached hydrogen (secondary N) is 1. The van der Waals surface area contributed by atoms with Gasteiger partial charge in [0.1, 0.15) is 11.0 Å². The predicted molar refractivity (Wildman–Crippen MR) is 123 cm³/mol. The number of ether oxygens (including phenoxy) is 1. The highest BCUT2D eigenvalue weighted by molar-refractivity contribution is 9.10. The number of amides is 2. The van der Waals surface area contributed by atoms with Crippen LogP contribution in [0.5, 0.6) is 5.88 Å². The first-order valence-electron chi connectivity index (χ1n) is 11.4. The maximum absolute atomic E-state index is 13.1. The lowest BCUT2D eigenvalue weighted by atomic mass is 9.60. The molecule has 0 spiro atoms. The summed E-state index contributed by atoms with van der Waals surface area (Å²) in [5, 5.41) is 10.6. The Hall–Kier alpha value is -3.22. The Morgan fingerprint density at radius 1 is 0.944 bits per heavy atom. The van der Waals surface area contributed by atoms with E-state index >= 15 is 0 Å². The van der Waals surface area contributed by atoms with Gasteiger partial charge in [0, 0.05) is 37.9 Å². The molecule has 0 radical (unpaired) electrons. The van der Waals surface area contributed by atoms with Crippen LogP contribution in [-0.2, 0) is 0 Å². The minimum Gasteiger partial charge on any atom is -0.467 e. The van der Waals surface area contributed by atoms with E-state index in [9.17, 15) is 22.8 Å². The highest BCUT2D eigenvalue weighted by Gasteiger charge is 2.59. The van der Waals surface area contributed by atoms with Gasteiger partial charge in [-0.3, -0.25) is 9.59 Å². The molecule has 3 aliphatic rings. The molecule has 3 fully saturated rings. The summed E-state index contributed by atoms with van der Waals surface area (Å²) in [4.78, 5) is 33.7. The fourth-order valence-electron chi connectivity index (χ4n) is 5.84. The highest BCUT2D eigenvalue weighted by atomic mass is 79.9. The Bertz CT molecular complexity index is 1340. The van der Waals surface area contributed by atoms with Gasteiger partial charge in [-0.05, 0) is 63.9 Å². The smallest absolute Gasteiger partial charge is 0.422 e. The second kappa shape index (κ2) is 8.43. The van der Waals surface area contributed by atoms with Crippen molar-refractivity contribution < 1.29 is 27.5 Å². The molecular weight excluding hydrogens is 545 g/mol. The van der Waals surface area contributed by atoms with Crippen molar-refractivity contribution in [2.24, 2.45) is 23.7 Å². The molecule has 2 aromatic heterocycles. The minimum atomic E-state index is -4.48.